The Kier molecular flexibility index (Phi) is 8.19. The third-order valence-corrected chi connectivity index (χ3v) is 7.79. The van der Waals surface area contributed by atoms with Crippen molar-refractivity contribution >= 4 is 22.7 Å². The van der Waals surface area contributed by atoms with E-state index in [0.29, 0.717) is 12.1 Å². The molecule has 5 nitrogen and oxygen atoms in total. The average molecular weight is 462 g/mol. The molecule has 0 saturated heterocycles. The highest BCUT2D eigenvalue weighted by atomic mass is 15.2. The first-order valence-electron chi connectivity index (χ1n) is 12.3. The van der Waals surface area contributed by atoms with Gasteiger partial charge in [-0.05, 0) is 106 Å². The predicted octanol–water partition coefficient (Wildman–Crippen LogP) is 6.39. The van der Waals surface area contributed by atoms with Crippen molar-refractivity contribution in [3.05, 3.63) is 57.6 Å². The standard InChI is InChI=1S/C28H39N5.CH4/c1-17-18(2)20(4)25(21(5)19(17)3)16-29-22-12-14-23(15-13-22)30-28-31-26-11-9-8-10-24(26)27(32-28)33(6)7;/h8-11,22-23,29H,12-16H2,1-7H3,(H,30,31,32);1H4. The van der Waals surface area contributed by atoms with Crippen LogP contribution in [0.5, 0.6) is 0 Å². The van der Waals surface area contributed by atoms with Crippen LogP contribution in [0.4, 0.5) is 11.8 Å². The molecule has 1 aromatic heterocycles. The normalized spacial score (nSPS) is 18.0. The predicted molar refractivity (Wildman–Crippen MR) is 147 cm³/mol. The van der Waals surface area contributed by atoms with Gasteiger partial charge in [-0.2, -0.15) is 4.98 Å². The zero-order chi connectivity index (χ0) is 23.7. The van der Waals surface area contributed by atoms with Crippen molar-refractivity contribution in [2.45, 2.75) is 86.4 Å². The Morgan fingerprint density at radius 2 is 1.35 bits per heavy atom. The van der Waals surface area contributed by atoms with Crippen LogP contribution in [0.15, 0.2) is 24.3 Å². The Balaban J connectivity index is 0.00000324. The van der Waals surface area contributed by atoms with Crippen molar-refractivity contribution in [2.75, 3.05) is 24.3 Å². The molecule has 1 fully saturated rings. The van der Waals surface area contributed by atoms with Gasteiger partial charge >= 0.3 is 0 Å². The minimum absolute atomic E-state index is 0. The molecular formula is C29H43N5. The molecule has 1 heterocycles. The Morgan fingerprint density at radius 3 is 1.97 bits per heavy atom. The van der Waals surface area contributed by atoms with Crippen LogP contribution in [0.1, 0.15) is 66.5 Å². The first-order chi connectivity index (χ1) is 15.8. The van der Waals surface area contributed by atoms with Crippen LogP contribution in [0, 0.1) is 34.6 Å². The summed E-state index contributed by atoms with van der Waals surface area (Å²) in [6.07, 6.45) is 4.62. The number of benzene rings is 2. The summed E-state index contributed by atoms with van der Waals surface area (Å²) in [5.74, 6) is 1.71. The third kappa shape index (κ3) is 5.20. The van der Waals surface area contributed by atoms with Gasteiger partial charge in [0, 0.05) is 38.1 Å². The molecule has 0 atom stereocenters. The smallest absolute Gasteiger partial charge is 0.225 e. The molecule has 4 rings (SSSR count). The molecule has 0 aliphatic heterocycles. The molecule has 2 aromatic carbocycles. The molecule has 0 spiro atoms. The van der Waals surface area contributed by atoms with Crippen molar-refractivity contribution in [3.8, 4) is 0 Å². The maximum atomic E-state index is 4.82. The summed E-state index contributed by atoms with van der Waals surface area (Å²) in [5, 5.41) is 8.58. The lowest BCUT2D eigenvalue weighted by atomic mass is 9.88. The van der Waals surface area contributed by atoms with Crippen LogP contribution >= 0.6 is 0 Å². The minimum Gasteiger partial charge on any atom is -0.362 e. The van der Waals surface area contributed by atoms with Crippen molar-refractivity contribution < 1.29 is 0 Å². The summed E-state index contributed by atoms with van der Waals surface area (Å²) in [6, 6.07) is 9.23. The molecule has 0 radical (unpaired) electrons. The van der Waals surface area contributed by atoms with E-state index in [-0.39, 0.29) is 7.43 Å². The summed E-state index contributed by atoms with van der Waals surface area (Å²) < 4.78 is 0. The van der Waals surface area contributed by atoms with Gasteiger partial charge in [0.1, 0.15) is 5.82 Å². The molecule has 34 heavy (non-hydrogen) atoms. The zero-order valence-electron chi connectivity index (χ0n) is 21.3. The van der Waals surface area contributed by atoms with Crippen LogP contribution in [0.3, 0.4) is 0 Å². The molecule has 5 heteroatoms. The van der Waals surface area contributed by atoms with E-state index in [1.807, 2.05) is 26.2 Å². The van der Waals surface area contributed by atoms with E-state index in [9.17, 15) is 0 Å². The molecule has 1 aliphatic rings. The van der Waals surface area contributed by atoms with E-state index in [1.54, 1.807) is 0 Å². The van der Waals surface area contributed by atoms with E-state index in [0.717, 1.165) is 42.1 Å². The maximum absolute atomic E-state index is 4.82. The Bertz CT molecular complexity index is 1110. The second-order valence-corrected chi connectivity index (χ2v) is 9.96. The number of fused-ring (bicyclic) bond motifs is 1. The number of hydrogen-bond acceptors (Lipinski definition) is 5. The fourth-order valence-electron chi connectivity index (χ4n) is 5.18. The number of rotatable bonds is 6. The van der Waals surface area contributed by atoms with Gasteiger partial charge in [-0.1, -0.05) is 19.6 Å². The summed E-state index contributed by atoms with van der Waals surface area (Å²) >= 11 is 0. The van der Waals surface area contributed by atoms with Gasteiger partial charge in [-0.15, -0.1) is 0 Å². The lowest BCUT2D eigenvalue weighted by Gasteiger charge is -2.30. The number of para-hydroxylation sites is 1. The largest absolute Gasteiger partial charge is 0.362 e. The molecule has 184 valence electrons. The number of nitrogens with zero attached hydrogens (tertiary/aromatic N) is 3. The molecule has 0 bridgehead atoms. The Hall–Kier alpha value is -2.66. The third-order valence-electron chi connectivity index (χ3n) is 7.79. The number of nitrogens with one attached hydrogen (secondary N) is 2. The Morgan fingerprint density at radius 1 is 0.794 bits per heavy atom. The fraction of sp³-hybridized carbons (Fsp3) is 0.517. The van der Waals surface area contributed by atoms with Crippen molar-refractivity contribution in [1.29, 1.82) is 0 Å². The number of hydrogen-bond donors (Lipinski definition) is 2. The quantitative estimate of drug-likeness (QED) is 0.446. The highest BCUT2D eigenvalue weighted by Crippen LogP contribution is 2.28. The molecular weight excluding hydrogens is 418 g/mol. The maximum Gasteiger partial charge on any atom is 0.225 e. The van der Waals surface area contributed by atoms with Gasteiger partial charge < -0.3 is 15.5 Å². The van der Waals surface area contributed by atoms with E-state index in [1.165, 1.54) is 46.2 Å². The van der Waals surface area contributed by atoms with Crippen LogP contribution in [0.2, 0.25) is 0 Å². The van der Waals surface area contributed by atoms with Gasteiger partial charge in [0.2, 0.25) is 5.95 Å². The monoisotopic (exact) mass is 461 g/mol. The second kappa shape index (κ2) is 10.7. The van der Waals surface area contributed by atoms with Crippen LogP contribution in [0.25, 0.3) is 10.9 Å². The molecule has 1 saturated carbocycles. The van der Waals surface area contributed by atoms with Gasteiger partial charge in [-0.25, -0.2) is 4.98 Å². The SMILES string of the molecule is C.Cc1c(C)c(C)c(CNC2CCC(Nc3nc(N(C)C)c4ccccc4n3)CC2)c(C)c1C. The Labute approximate surface area is 206 Å². The van der Waals surface area contributed by atoms with Crippen LogP contribution in [-0.4, -0.2) is 36.1 Å². The lowest BCUT2D eigenvalue weighted by molar-refractivity contribution is 0.352. The highest BCUT2D eigenvalue weighted by molar-refractivity contribution is 5.90. The van der Waals surface area contributed by atoms with Gasteiger partial charge in [0.05, 0.1) is 5.52 Å². The van der Waals surface area contributed by atoms with Crippen molar-refractivity contribution in [1.82, 2.24) is 15.3 Å². The van der Waals surface area contributed by atoms with Gasteiger partial charge in [0.15, 0.2) is 0 Å². The molecule has 0 amide bonds. The summed E-state index contributed by atoms with van der Waals surface area (Å²) in [4.78, 5) is 11.7. The second-order valence-electron chi connectivity index (χ2n) is 9.96. The van der Waals surface area contributed by atoms with Crippen LogP contribution in [-0.2, 0) is 6.54 Å². The van der Waals surface area contributed by atoms with Gasteiger partial charge in [-0.3, -0.25) is 0 Å². The summed E-state index contributed by atoms with van der Waals surface area (Å²) in [6.45, 7) is 12.3. The average Bonchev–Trinajstić information content (AvgIpc) is 2.82. The van der Waals surface area contributed by atoms with E-state index < -0.39 is 0 Å². The molecule has 1 aliphatic carbocycles. The van der Waals surface area contributed by atoms with Crippen molar-refractivity contribution in [3.63, 3.8) is 0 Å². The first kappa shape index (κ1) is 26.0. The van der Waals surface area contributed by atoms with Crippen molar-refractivity contribution in [2.24, 2.45) is 0 Å². The van der Waals surface area contributed by atoms with E-state index in [4.69, 9.17) is 9.97 Å². The van der Waals surface area contributed by atoms with Gasteiger partial charge in [0.25, 0.3) is 0 Å². The number of aromatic nitrogens is 2. The fourth-order valence-corrected chi connectivity index (χ4v) is 5.18. The topological polar surface area (TPSA) is 53.1 Å². The summed E-state index contributed by atoms with van der Waals surface area (Å²) in [5.41, 5.74) is 9.69. The lowest BCUT2D eigenvalue weighted by Crippen LogP contribution is -2.37. The van der Waals surface area contributed by atoms with E-state index in [2.05, 4.69) is 62.3 Å². The minimum atomic E-state index is 0. The first-order valence-corrected chi connectivity index (χ1v) is 12.3. The number of anilines is 2. The highest BCUT2D eigenvalue weighted by Gasteiger charge is 2.23. The van der Waals surface area contributed by atoms with Crippen LogP contribution < -0.4 is 15.5 Å². The van der Waals surface area contributed by atoms with E-state index >= 15 is 0 Å². The molecule has 0 unspecified atom stereocenters. The molecule has 3 aromatic rings. The molecule has 2 N–H and O–H groups in total. The summed E-state index contributed by atoms with van der Waals surface area (Å²) in [7, 11) is 4.08. The zero-order valence-corrected chi connectivity index (χ0v) is 21.3.